The molecule has 1 aromatic carbocycles. The van der Waals surface area contributed by atoms with Crippen LogP contribution in [0.15, 0.2) is 35.1 Å². The molecule has 20 heavy (non-hydrogen) atoms. The zero-order valence-corrected chi connectivity index (χ0v) is 11.2. The second-order valence-corrected chi connectivity index (χ2v) is 4.34. The van der Waals surface area contributed by atoms with Gasteiger partial charge in [-0.2, -0.15) is 0 Å². The number of ether oxygens (including phenoxy) is 1. The molecule has 0 atom stereocenters. The van der Waals surface area contributed by atoms with Gasteiger partial charge in [-0.15, -0.1) is 0 Å². The number of esters is 1. The Morgan fingerprint density at radius 3 is 2.70 bits per heavy atom. The van der Waals surface area contributed by atoms with E-state index < -0.39 is 11.9 Å². The Morgan fingerprint density at radius 2 is 2.00 bits per heavy atom. The van der Waals surface area contributed by atoms with E-state index in [-0.39, 0.29) is 17.8 Å². The first-order valence-electron chi connectivity index (χ1n) is 5.97. The third-order valence-corrected chi connectivity index (χ3v) is 2.92. The lowest BCUT2D eigenvalue weighted by Gasteiger charge is -2.15. The number of H-pyrrole nitrogens is 1. The average molecular weight is 274 g/mol. The van der Waals surface area contributed by atoms with Crippen molar-refractivity contribution in [1.82, 2.24) is 9.88 Å². The quantitative estimate of drug-likeness (QED) is 0.838. The number of hydrogen-bond donors (Lipinski definition) is 1. The molecule has 0 radical (unpaired) electrons. The fourth-order valence-corrected chi connectivity index (χ4v) is 1.86. The van der Waals surface area contributed by atoms with Gasteiger partial charge in [0.15, 0.2) is 0 Å². The van der Waals surface area contributed by atoms with Gasteiger partial charge in [-0.25, -0.2) is 0 Å². The van der Waals surface area contributed by atoms with Crippen LogP contribution in [-0.2, 0) is 9.53 Å². The summed E-state index contributed by atoms with van der Waals surface area (Å²) in [5.41, 5.74) is -0.196. The molecule has 0 unspecified atom stereocenters. The highest BCUT2D eigenvalue weighted by Gasteiger charge is 2.16. The minimum absolute atomic E-state index is 0.139. The maximum absolute atomic E-state index is 12.1. The van der Waals surface area contributed by atoms with E-state index in [1.807, 2.05) is 0 Å². The van der Waals surface area contributed by atoms with Crippen molar-refractivity contribution in [2.24, 2.45) is 0 Å². The summed E-state index contributed by atoms with van der Waals surface area (Å²) in [6, 6.07) is 8.56. The number of benzene rings is 1. The highest BCUT2D eigenvalue weighted by atomic mass is 16.5. The van der Waals surface area contributed by atoms with E-state index in [4.69, 9.17) is 0 Å². The molecule has 2 aromatic rings. The summed E-state index contributed by atoms with van der Waals surface area (Å²) in [6.45, 7) is -0.176. The number of likely N-dealkylation sites (N-methyl/N-ethyl adjacent to an activating group) is 1. The van der Waals surface area contributed by atoms with E-state index in [0.29, 0.717) is 10.8 Å². The van der Waals surface area contributed by atoms with Crippen LogP contribution >= 0.6 is 0 Å². The highest BCUT2D eigenvalue weighted by molar-refractivity contribution is 5.97. The Kier molecular flexibility index (Phi) is 3.84. The van der Waals surface area contributed by atoms with Gasteiger partial charge < -0.3 is 14.6 Å². The van der Waals surface area contributed by atoms with E-state index in [0.717, 1.165) is 0 Å². The van der Waals surface area contributed by atoms with E-state index in [9.17, 15) is 14.4 Å². The van der Waals surface area contributed by atoms with Gasteiger partial charge in [-0.05, 0) is 17.5 Å². The van der Waals surface area contributed by atoms with E-state index in [1.54, 1.807) is 30.3 Å². The molecule has 1 aromatic heterocycles. The molecule has 6 nitrogen and oxygen atoms in total. The number of carbonyl (C=O) groups is 2. The van der Waals surface area contributed by atoms with Crippen molar-refractivity contribution < 1.29 is 14.3 Å². The van der Waals surface area contributed by atoms with Gasteiger partial charge >= 0.3 is 5.97 Å². The largest absolute Gasteiger partial charge is 0.468 e. The molecule has 0 fully saturated rings. The van der Waals surface area contributed by atoms with E-state index >= 15 is 0 Å². The maximum Gasteiger partial charge on any atom is 0.325 e. The molecule has 0 aliphatic rings. The van der Waals surface area contributed by atoms with Crippen LogP contribution in [0.1, 0.15) is 10.5 Å². The van der Waals surface area contributed by atoms with Crippen LogP contribution in [0.3, 0.4) is 0 Å². The van der Waals surface area contributed by atoms with Gasteiger partial charge in [-0.3, -0.25) is 14.4 Å². The van der Waals surface area contributed by atoms with Crippen molar-refractivity contribution in [3.63, 3.8) is 0 Å². The van der Waals surface area contributed by atoms with Crippen LogP contribution in [0.2, 0.25) is 0 Å². The van der Waals surface area contributed by atoms with Crippen LogP contribution in [0.25, 0.3) is 10.8 Å². The lowest BCUT2D eigenvalue weighted by atomic mass is 10.1. The summed E-state index contributed by atoms with van der Waals surface area (Å²) in [5, 5.41) is 1.19. The van der Waals surface area contributed by atoms with Crippen LogP contribution < -0.4 is 5.56 Å². The average Bonchev–Trinajstić information content (AvgIpc) is 2.46. The Labute approximate surface area is 115 Å². The van der Waals surface area contributed by atoms with Gasteiger partial charge in [0.05, 0.1) is 7.11 Å². The molecule has 0 saturated heterocycles. The first-order chi connectivity index (χ1) is 9.52. The summed E-state index contributed by atoms with van der Waals surface area (Å²) in [5.74, 6) is -0.970. The summed E-state index contributed by atoms with van der Waals surface area (Å²) in [4.78, 5) is 38.9. The highest BCUT2D eigenvalue weighted by Crippen LogP contribution is 2.10. The fraction of sp³-hybridized carbons (Fsp3) is 0.214. The Hall–Kier alpha value is -2.63. The lowest BCUT2D eigenvalue weighted by molar-refractivity contribution is -0.141. The molecule has 1 heterocycles. The number of nitrogens with zero attached hydrogens (tertiary/aromatic N) is 1. The zero-order chi connectivity index (χ0) is 14.7. The maximum atomic E-state index is 12.1. The molecule has 0 spiro atoms. The molecule has 0 saturated carbocycles. The molecular weight excluding hydrogens is 260 g/mol. The molecule has 6 heteroatoms. The summed E-state index contributed by atoms with van der Waals surface area (Å²) in [7, 11) is 2.71. The van der Waals surface area contributed by atoms with Crippen molar-refractivity contribution in [3.05, 3.63) is 46.4 Å². The normalized spacial score (nSPS) is 10.3. The Morgan fingerprint density at radius 1 is 1.30 bits per heavy atom. The SMILES string of the molecule is COC(=O)CN(C)C(=O)c1cc2ccccc2c(=O)[nH]1. The number of aromatic nitrogens is 1. The number of hydrogen-bond acceptors (Lipinski definition) is 4. The van der Waals surface area contributed by atoms with Gasteiger partial charge in [0.25, 0.3) is 11.5 Å². The zero-order valence-electron chi connectivity index (χ0n) is 11.2. The lowest BCUT2D eigenvalue weighted by Crippen LogP contribution is -2.34. The van der Waals surface area contributed by atoms with Crippen LogP contribution in [0.5, 0.6) is 0 Å². The van der Waals surface area contributed by atoms with Crippen LogP contribution in [-0.4, -0.2) is 42.5 Å². The monoisotopic (exact) mass is 274 g/mol. The first-order valence-corrected chi connectivity index (χ1v) is 5.97. The molecule has 104 valence electrons. The second kappa shape index (κ2) is 5.56. The summed E-state index contributed by atoms with van der Waals surface area (Å²) in [6.07, 6.45) is 0. The Balaban J connectivity index is 2.35. The number of fused-ring (bicyclic) bond motifs is 1. The minimum Gasteiger partial charge on any atom is -0.468 e. The number of methoxy groups -OCH3 is 1. The number of aromatic amines is 1. The summed E-state index contributed by atoms with van der Waals surface area (Å²) >= 11 is 0. The third kappa shape index (κ3) is 2.69. The molecule has 1 amide bonds. The van der Waals surface area contributed by atoms with Crippen LogP contribution in [0.4, 0.5) is 0 Å². The molecular formula is C14H14N2O4. The van der Waals surface area contributed by atoms with Crippen molar-refractivity contribution in [2.45, 2.75) is 0 Å². The number of amides is 1. The van der Waals surface area contributed by atoms with E-state index in [1.165, 1.54) is 19.1 Å². The summed E-state index contributed by atoms with van der Waals surface area (Å²) < 4.78 is 4.50. The van der Waals surface area contributed by atoms with Gasteiger partial charge in [-0.1, -0.05) is 18.2 Å². The second-order valence-electron chi connectivity index (χ2n) is 4.34. The van der Waals surface area contributed by atoms with Crippen molar-refractivity contribution in [1.29, 1.82) is 0 Å². The molecule has 0 aliphatic heterocycles. The minimum atomic E-state index is -0.524. The first kappa shape index (κ1) is 13.8. The number of carbonyl (C=O) groups excluding carboxylic acids is 2. The third-order valence-electron chi connectivity index (χ3n) is 2.92. The van der Waals surface area contributed by atoms with Gasteiger partial charge in [0.2, 0.25) is 0 Å². The predicted octanol–water partition coefficient (Wildman–Crippen LogP) is 0.773. The van der Waals surface area contributed by atoms with Crippen molar-refractivity contribution in [3.8, 4) is 0 Å². The molecule has 0 aliphatic carbocycles. The number of pyridine rings is 1. The fourth-order valence-electron chi connectivity index (χ4n) is 1.86. The molecule has 2 rings (SSSR count). The van der Waals surface area contributed by atoms with Gasteiger partial charge in [0, 0.05) is 12.4 Å². The smallest absolute Gasteiger partial charge is 0.325 e. The van der Waals surface area contributed by atoms with Crippen LogP contribution in [0, 0.1) is 0 Å². The Bertz CT molecular complexity index is 720. The molecule has 1 N–H and O–H groups in total. The molecule has 0 bridgehead atoms. The number of nitrogens with one attached hydrogen (secondary N) is 1. The number of rotatable bonds is 3. The van der Waals surface area contributed by atoms with Gasteiger partial charge in [0.1, 0.15) is 12.2 Å². The van der Waals surface area contributed by atoms with Crippen molar-refractivity contribution in [2.75, 3.05) is 20.7 Å². The van der Waals surface area contributed by atoms with E-state index in [2.05, 4.69) is 9.72 Å². The predicted molar refractivity (Wildman–Crippen MR) is 73.5 cm³/mol. The van der Waals surface area contributed by atoms with Crippen molar-refractivity contribution >= 4 is 22.6 Å². The standard InChI is InChI=1S/C14H14N2O4/c1-16(8-12(17)20-2)14(19)11-7-9-5-3-4-6-10(9)13(18)15-11/h3-7H,8H2,1-2H3,(H,15,18). The topological polar surface area (TPSA) is 79.5 Å².